The molecule has 24 heavy (non-hydrogen) atoms. The van der Waals surface area contributed by atoms with Crippen LogP contribution in [-0.4, -0.2) is 58.9 Å². The van der Waals surface area contributed by atoms with Crippen molar-refractivity contribution in [3.8, 4) is 0 Å². The van der Waals surface area contributed by atoms with E-state index in [1.54, 1.807) is 14.2 Å². The summed E-state index contributed by atoms with van der Waals surface area (Å²) in [6, 6.07) is 7.91. The number of aliphatic imine (C=N–C) groups is 1. The van der Waals surface area contributed by atoms with Crippen LogP contribution in [0, 0.1) is 0 Å². The van der Waals surface area contributed by atoms with E-state index in [2.05, 4.69) is 27.0 Å². The van der Waals surface area contributed by atoms with Crippen LogP contribution in [0.15, 0.2) is 29.3 Å². The molecule has 1 amide bonds. The zero-order valence-corrected chi connectivity index (χ0v) is 14.3. The van der Waals surface area contributed by atoms with E-state index in [0.717, 1.165) is 11.3 Å². The van der Waals surface area contributed by atoms with Crippen LogP contribution in [0.2, 0.25) is 0 Å². The average Bonchev–Trinajstić information content (AvgIpc) is 2.60. The molecule has 0 fully saturated rings. The van der Waals surface area contributed by atoms with Gasteiger partial charge in [-0.3, -0.25) is 9.79 Å². The van der Waals surface area contributed by atoms with Gasteiger partial charge in [0.15, 0.2) is 5.96 Å². The molecule has 0 aliphatic carbocycles. The number of carbonyl (C=O) groups is 1. The Morgan fingerprint density at radius 1 is 1.29 bits per heavy atom. The van der Waals surface area contributed by atoms with E-state index in [1.807, 2.05) is 18.2 Å². The lowest BCUT2D eigenvalue weighted by Crippen LogP contribution is -2.41. The minimum Gasteiger partial charge on any atom is -0.382 e. The topological polar surface area (TPSA) is 84.0 Å². The first-order valence-corrected chi connectivity index (χ1v) is 8.14. The van der Waals surface area contributed by atoms with Crippen molar-refractivity contribution in [1.82, 2.24) is 10.6 Å². The van der Waals surface area contributed by atoms with Gasteiger partial charge >= 0.3 is 0 Å². The fourth-order valence-electron chi connectivity index (χ4n) is 2.61. The summed E-state index contributed by atoms with van der Waals surface area (Å²) in [5.41, 5.74) is 2.05. The fourth-order valence-corrected chi connectivity index (χ4v) is 2.61. The molecule has 1 unspecified atom stereocenters. The maximum absolute atomic E-state index is 11.8. The number of methoxy groups -OCH3 is 1. The Balaban J connectivity index is 1.78. The molecular formula is C17H26N4O3. The zero-order chi connectivity index (χ0) is 17.2. The standard InChI is InChI=1S/C17H26N4O3/c1-18-17(19-7-8-24-10-9-23-2)20-12-13-11-16(22)21-15-6-4-3-5-14(13)15/h3-6,13H,7-12H2,1-2H3,(H,21,22)(H2,18,19,20). The van der Waals surface area contributed by atoms with Gasteiger partial charge in [0.2, 0.25) is 5.91 Å². The second-order valence-corrected chi connectivity index (χ2v) is 5.52. The minimum absolute atomic E-state index is 0.0509. The molecule has 1 aliphatic heterocycles. The highest BCUT2D eigenvalue weighted by molar-refractivity contribution is 5.94. The SMILES string of the molecule is CN=C(NCCOCCOC)NCC1CC(=O)Nc2ccccc21. The second kappa shape index (κ2) is 9.89. The highest BCUT2D eigenvalue weighted by atomic mass is 16.5. The molecule has 1 atom stereocenters. The molecule has 0 aromatic heterocycles. The summed E-state index contributed by atoms with van der Waals surface area (Å²) in [7, 11) is 3.37. The van der Waals surface area contributed by atoms with E-state index in [1.165, 1.54) is 0 Å². The first kappa shape index (κ1) is 18.2. The van der Waals surface area contributed by atoms with Crippen LogP contribution in [0.5, 0.6) is 0 Å². The Labute approximate surface area is 142 Å². The first-order valence-electron chi connectivity index (χ1n) is 8.14. The molecule has 0 spiro atoms. The summed E-state index contributed by atoms with van der Waals surface area (Å²) in [5.74, 6) is 0.884. The monoisotopic (exact) mass is 334 g/mol. The van der Waals surface area contributed by atoms with E-state index in [9.17, 15) is 4.79 Å². The Bertz CT molecular complexity index is 563. The minimum atomic E-state index is 0.0509. The molecule has 1 aromatic rings. The van der Waals surface area contributed by atoms with Crippen LogP contribution in [0.1, 0.15) is 17.9 Å². The average molecular weight is 334 g/mol. The van der Waals surface area contributed by atoms with Gasteiger partial charge in [-0.05, 0) is 11.6 Å². The van der Waals surface area contributed by atoms with E-state index in [4.69, 9.17) is 9.47 Å². The van der Waals surface area contributed by atoms with Crippen molar-refractivity contribution < 1.29 is 14.3 Å². The maximum atomic E-state index is 11.8. The number of guanidine groups is 1. The Hall–Kier alpha value is -2.12. The molecule has 0 saturated heterocycles. The Morgan fingerprint density at radius 3 is 2.92 bits per heavy atom. The van der Waals surface area contributed by atoms with E-state index in [-0.39, 0.29) is 11.8 Å². The second-order valence-electron chi connectivity index (χ2n) is 5.52. The summed E-state index contributed by atoms with van der Waals surface area (Å²) in [6.45, 7) is 3.06. The van der Waals surface area contributed by atoms with Crippen LogP contribution in [0.4, 0.5) is 5.69 Å². The lowest BCUT2D eigenvalue weighted by atomic mass is 9.90. The van der Waals surface area contributed by atoms with Crippen LogP contribution >= 0.6 is 0 Å². The van der Waals surface area contributed by atoms with Gasteiger partial charge in [0.1, 0.15) is 0 Å². The van der Waals surface area contributed by atoms with Gasteiger partial charge in [-0.2, -0.15) is 0 Å². The van der Waals surface area contributed by atoms with Crippen molar-refractivity contribution in [3.63, 3.8) is 0 Å². The molecule has 0 bridgehead atoms. The quantitative estimate of drug-likeness (QED) is 0.374. The van der Waals surface area contributed by atoms with Crippen molar-refractivity contribution in [2.75, 3.05) is 52.4 Å². The molecule has 7 nitrogen and oxygen atoms in total. The number of amides is 1. The number of carbonyl (C=O) groups excluding carboxylic acids is 1. The summed E-state index contributed by atoms with van der Waals surface area (Å²) in [6.07, 6.45) is 0.473. The number of ether oxygens (including phenoxy) is 2. The number of hydrogen-bond donors (Lipinski definition) is 3. The summed E-state index contributed by atoms with van der Waals surface area (Å²) >= 11 is 0. The molecule has 2 rings (SSSR count). The predicted octanol–water partition coefficient (Wildman–Crippen LogP) is 0.940. The number of fused-ring (bicyclic) bond motifs is 1. The number of para-hydroxylation sites is 1. The van der Waals surface area contributed by atoms with E-state index >= 15 is 0 Å². The van der Waals surface area contributed by atoms with Gasteiger partial charge in [0.05, 0.1) is 19.8 Å². The molecule has 132 valence electrons. The van der Waals surface area contributed by atoms with Crippen LogP contribution in [-0.2, 0) is 14.3 Å². The molecule has 7 heteroatoms. The van der Waals surface area contributed by atoms with Crippen LogP contribution < -0.4 is 16.0 Å². The highest BCUT2D eigenvalue weighted by Crippen LogP contribution is 2.31. The highest BCUT2D eigenvalue weighted by Gasteiger charge is 2.24. The third-order valence-corrected chi connectivity index (χ3v) is 3.82. The molecule has 3 N–H and O–H groups in total. The van der Waals surface area contributed by atoms with Gasteiger partial charge in [-0.25, -0.2) is 0 Å². The Morgan fingerprint density at radius 2 is 2.12 bits per heavy atom. The number of anilines is 1. The number of rotatable bonds is 8. The first-order chi connectivity index (χ1) is 11.7. The van der Waals surface area contributed by atoms with Gasteiger partial charge in [-0.15, -0.1) is 0 Å². The van der Waals surface area contributed by atoms with Gasteiger partial charge in [-0.1, -0.05) is 18.2 Å². The zero-order valence-electron chi connectivity index (χ0n) is 14.3. The fraction of sp³-hybridized carbons (Fsp3) is 0.529. The van der Waals surface area contributed by atoms with Crippen molar-refractivity contribution in [3.05, 3.63) is 29.8 Å². The van der Waals surface area contributed by atoms with Crippen molar-refractivity contribution >= 4 is 17.6 Å². The summed E-state index contributed by atoms with van der Waals surface area (Å²) in [4.78, 5) is 16.0. The molecule has 1 aromatic carbocycles. The largest absolute Gasteiger partial charge is 0.382 e. The molecule has 1 heterocycles. The maximum Gasteiger partial charge on any atom is 0.225 e. The van der Waals surface area contributed by atoms with Crippen molar-refractivity contribution in [2.45, 2.75) is 12.3 Å². The number of nitrogens with zero attached hydrogens (tertiary/aromatic N) is 1. The van der Waals surface area contributed by atoms with Crippen molar-refractivity contribution in [1.29, 1.82) is 0 Å². The van der Waals surface area contributed by atoms with Crippen LogP contribution in [0.3, 0.4) is 0 Å². The number of hydrogen-bond acceptors (Lipinski definition) is 4. The lowest BCUT2D eigenvalue weighted by molar-refractivity contribution is -0.116. The predicted molar refractivity (Wildman–Crippen MR) is 94.5 cm³/mol. The van der Waals surface area contributed by atoms with E-state index < -0.39 is 0 Å². The Kier molecular flexibility index (Phi) is 7.51. The van der Waals surface area contributed by atoms with Gasteiger partial charge < -0.3 is 25.4 Å². The number of nitrogens with one attached hydrogen (secondary N) is 3. The molecular weight excluding hydrogens is 308 g/mol. The van der Waals surface area contributed by atoms with Gasteiger partial charge in [0, 0.05) is 45.3 Å². The number of benzene rings is 1. The molecule has 0 saturated carbocycles. The normalized spacial score (nSPS) is 17.2. The third-order valence-electron chi connectivity index (χ3n) is 3.82. The summed E-state index contributed by atoms with van der Waals surface area (Å²) < 4.78 is 10.3. The van der Waals surface area contributed by atoms with Crippen LogP contribution in [0.25, 0.3) is 0 Å². The molecule has 1 aliphatic rings. The summed E-state index contributed by atoms with van der Waals surface area (Å²) in [5, 5.41) is 9.39. The van der Waals surface area contributed by atoms with E-state index in [0.29, 0.717) is 45.3 Å². The smallest absolute Gasteiger partial charge is 0.225 e. The van der Waals surface area contributed by atoms with Crippen molar-refractivity contribution in [2.24, 2.45) is 4.99 Å². The third kappa shape index (κ3) is 5.50. The lowest BCUT2D eigenvalue weighted by Gasteiger charge is -2.26. The van der Waals surface area contributed by atoms with Gasteiger partial charge in [0.25, 0.3) is 0 Å². The molecule has 0 radical (unpaired) electrons.